The molecule has 0 saturated heterocycles. The number of unbranched alkanes of at least 4 members (excludes halogenated alkanes) is 2. The molecule has 2 aromatic heterocycles. The maximum Gasteiger partial charge on any atom is 0.220 e. The lowest BCUT2D eigenvalue weighted by Crippen LogP contribution is -2.46. The molecule has 9 heteroatoms. The van der Waals surface area contributed by atoms with Crippen molar-refractivity contribution in [3.05, 3.63) is 36.3 Å². The summed E-state index contributed by atoms with van der Waals surface area (Å²) in [6.07, 6.45) is 5.05. The number of para-hydroxylation sites is 1. The number of thiol groups is 1. The molecular formula is C24H33N5O3S. The molecule has 1 aromatic carbocycles. The summed E-state index contributed by atoms with van der Waals surface area (Å²) >= 11 is 4.04. The van der Waals surface area contributed by atoms with E-state index in [4.69, 9.17) is 0 Å². The maximum atomic E-state index is 12.6. The van der Waals surface area contributed by atoms with Crippen LogP contribution in [0, 0.1) is 0 Å². The lowest BCUT2D eigenvalue weighted by Gasteiger charge is -2.28. The van der Waals surface area contributed by atoms with Crippen LogP contribution >= 0.6 is 12.6 Å². The maximum absolute atomic E-state index is 12.6. The minimum absolute atomic E-state index is 0.0133. The topological polar surface area (TPSA) is 109 Å². The number of carbonyl (C=O) groups is 2. The van der Waals surface area contributed by atoms with Gasteiger partial charge in [-0.1, -0.05) is 24.6 Å². The number of rotatable bonds is 12. The predicted molar refractivity (Wildman–Crippen MR) is 133 cm³/mol. The van der Waals surface area contributed by atoms with E-state index < -0.39 is 5.54 Å². The van der Waals surface area contributed by atoms with Crippen molar-refractivity contribution >= 4 is 46.4 Å². The first kappa shape index (κ1) is 25.0. The van der Waals surface area contributed by atoms with Gasteiger partial charge in [-0.15, -0.1) is 0 Å². The SMILES string of the molecule is CC(C)(Cn1c(CO)nc2cnc3ccccc3c21)NC(=O)CCCCCNC(=O)CCS. The Labute approximate surface area is 199 Å². The summed E-state index contributed by atoms with van der Waals surface area (Å²) in [5, 5.41) is 16.8. The predicted octanol–water partition coefficient (Wildman–Crippen LogP) is 2.97. The molecule has 33 heavy (non-hydrogen) atoms. The molecule has 0 saturated carbocycles. The average Bonchev–Trinajstić information content (AvgIpc) is 3.13. The molecule has 3 N–H and O–H groups in total. The van der Waals surface area contributed by atoms with Gasteiger partial charge in [0.2, 0.25) is 11.8 Å². The number of fused-ring (bicyclic) bond motifs is 3. The van der Waals surface area contributed by atoms with E-state index in [0.29, 0.717) is 37.5 Å². The highest BCUT2D eigenvalue weighted by Gasteiger charge is 2.24. The van der Waals surface area contributed by atoms with Crippen molar-refractivity contribution in [2.24, 2.45) is 0 Å². The van der Waals surface area contributed by atoms with Gasteiger partial charge in [-0.25, -0.2) is 4.98 Å². The van der Waals surface area contributed by atoms with E-state index in [1.165, 1.54) is 0 Å². The molecule has 178 valence electrons. The summed E-state index contributed by atoms with van der Waals surface area (Å²) in [5.74, 6) is 1.09. The zero-order valence-electron chi connectivity index (χ0n) is 19.3. The van der Waals surface area contributed by atoms with Crippen LogP contribution in [-0.4, -0.2) is 49.3 Å². The smallest absolute Gasteiger partial charge is 0.220 e. The van der Waals surface area contributed by atoms with Gasteiger partial charge in [0.15, 0.2) is 0 Å². The molecule has 3 aromatic rings. The minimum Gasteiger partial charge on any atom is -0.388 e. The zero-order chi connectivity index (χ0) is 23.8. The van der Waals surface area contributed by atoms with E-state index in [1.54, 1.807) is 6.20 Å². The fraction of sp³-hybridized carbons (Fsp3) is 0.500. The highest BCUT2D eigenvalue weighted by molar-refractivity contribution is 7.80. The molecule has 0 radical (unpaired) electrons. The Balaban J connectivity index is 1.59. The van der Waals surface area contributed by atoms with Crippen molar-refractivity contribution in [1.82, 2.24) is 25.2 Å². The van der Waals surface area contributed by atoms with Crippen LogP contribution in [0.4, 0.5) is 0 Å². The van der Waals surface area contributed by atoms with Crippen molar-refractivity contribution in [1.29, 1.82) is 0 Å². The number of imidazole rings is 1. The summed E-state index contributed by atoms with van der Waals surface area (Å²) in [4.78, 5) is 33.0. The highest BCUT2D eigenvalue weighted by atomic mass is 32.1. The normalized spacial score (nSPS) is 11.8. The minimum atomic E-state index is -0.542. The standard InChI is InChI=1S/C24H33N5O3S/c1-24(2,28-22(32)10-4-3-7-12-25-21(31)11-13-33)16-29-20(15-30)27-19-14-26-18-9-6-5-8-17(18)23(19)29/h5-6,8-9,14,30,33H,3-4,7,10-13,15-16H2,1-2H3,(H,25,31)(H,28,32). The first-order valence-electron chi connectivity index (χ1n) is 11.4. The van der Waals surface area contributed by atoms with Crippen molar-refractivity contribution in [2.45, 2.75) is 64.6 Å². The number of carbonyl (C=O) groups excluding carboxylic acids is 2. The average molecular weight is 472 g/mol. The van der Waals surface area contributed by atoms with Crippen LogP contribution < -0.4 is 10.6 Å². The molecule has 0 fully saturated rings. The van der Waals surface area contributed by atoms with Crippen LogP contribution in [0.2, 0.25) is 0 Å². The van der Waals surface area contributed by atoms with E-state index in [-0.39, 0.29) is 18.4 Å². The second-order valence-electron chi connectivity index (χ2n) is 8.85. The molecule has 2 heterocycles. The largest absolute Gasteiger partial charge is 0.388 e. The second kappa shape index (κ2) is 11.5. The number of hydrogen-bond donors (Lipinski definition) is 4. The summed E-state index contributed by atoms with van der Waals surface area (Å²) in [5.41, 5.74) is 1.95. The summed E-state index contributed by atoms with van der Waals surface area (Å²) in [6.45, 7) is 4.84. The summed E-state index contributed by atoms with van der Waals surface area (Å²) in [7, 11) is 0. The number of pyridine rings is 1. The van der Waals surface area contributed by atoms with Gasteiger partial charge < -0.3 is 20.3 Å². The van der Waals surface area contributed by atoms with Gasteiger partial charge in [0.25, 0.3) is 0 Å². The lowest BCUT2D eigenvalue weighted by atomic mass is 10.0. The van der Waals surface area contributed by atoms with Crippen molar-refractivity contribution in [3.8, 4) is 0 Å². The highest BCUT2D eigenvalue weighted by Crippen LogP contribution is 2.26. The molecular weight excluding hydrogens is 438 g/mol. The Hall–Kier alpha value is -2.65. The van der Waals surface area contributed by atoms with Crippen LogP contribution in [0.5, 0.6) is 0 Å². The molecule has 0 aliphatic heterocycles. The Morgan fingerprint density at radius 1 is 1.09 bits per heavy atom. The summed E-state index contributed by atoms with van der Waals surface area (Å²) in [6, 6.07) is 7.84. The molecule has 0 unspecified atom stereocenters. The first-order chi connectivity index (χ1) is 15.8. The molecule has 8 nitrogen and oxygen atoms in total. The molecule has 0 aliphatic rings. The molecule has 3 rings (SSSR count). The third-order valence-electron chi connectivity index (χ3n) is 5.47. The second-order valence-corrected chi connectivity index (χ2v) is 9.29. The van der Waals surface area contributed by atoms with Gasteiger partial charge in [0.1, 0.15) is 17.9 Å². The third kappa shape index (κ3) is 6.68. The van der Waals surface area contributed by atoms with Crippen LogP contribution in [0.25, 0.3) is 21.9 Å². The van der Waals surface area contributed by atoms with E-state index in [9.17, 15) is 14.7 Å². The number of benzene rings is 1. The number of aromatic nitrogens is 3. The van der Waals surface area contributed by atoms with Crippen molar-refractivity contribution in [3.63, 3.8) is 0 Å². The van der Waals surface area contributed by atoms with Crippen LogP contribution in [0.1, 0.15) is 51.8 Å². The number of amides is 2. The van der Waals surface area contributed by atoms with E-state index in [0.717, 1.165) is 41.2 Å². The van der Waals surface area contributed by atoms with E-state index >= 15 is 0 Å². The third-order valence-corrected chi connectivity index (χ3v) is 5.70. The van der Waals surface area contributed by atoms with Crippen LogP contribution in [0.15, 0.2) is 30.5 Å². The van der Waals surface area contributed by atoms with Gasteiger partial charge in [0, 0.05) is 31.3 Å². The van der Waals surface area contributed by atoms with Gasteiger partial charge in [-0.3, -0.25) is 14.6 Å². The van der Waals surface area contributed by atoms with Gasteiger partial charge >= 0.3 is 0 Å². The molecule has 2 amide bonds. The fourth-order valence-electron chi connectivity index (χ4n) is 3.98. The van der Waals surface area contributed by atoms with Gasteiger partial charge in [-0.2, -0.15) is 12.6 Å². The van der Waals surface area contributed by atoms with E-state index in [1.807, 2.05) is 42.7 Å². The van der Waals surface area contributed by atoms with Crippen molar-refractivity contribution in [2.75, 3.05) is 12.3 Å². The number of nitrogens with zero attached hydrogens (tertiary/aromatic N) is 3. The van der Waals surface area contributed by atoms with Gasteiger partial charge in [-0.05, 0) is 38.5 Å². The summed E-state index contributed by atoms with van der Waals surface area (Å²) < 4.78 is 1.98. The fourth-order valence-corrected chi connectivity index (χ4v) is 4.18. The Kier molecular flexibility index (Phi) is 8.68. The number of aliphatic hydroxyl groups excluding tert-OH is 1. The number of hydrogen-bond acceptors (Lipinski definition) is 6. The van der Waals surface area contributed by atoms with Crippen LogP contribution in [0.3, 0.4) is 0 Å². The Morgan fingerprint density at radius 2 is 1.88 bits per heavy atom. The molecule has 0 aliphatic carbocycles. The number of nitrogens with one attached hydrogen (secondary N) is 2. The molecule has 0 bridgehead atoms. The number of aliphatic hydroxyl groups is 1. The lowest BCUT2D eigenvalue weighted by molar-refractivity contribution is -0.123. The Bertz CT molecular complexity index is 1110. The molecule has 0 spiro atoms. The van der Waals surface area contributed by atoms with E-state index in [2.05, 4.69) is 33.2 Å². The zero-order valence-corrected chi connectivity index (χ0v) is 20.2. The molecule has 0 atom stereocenters. The van der Waals surface area contributed by atoms with Crippen LogP contribution in [-0.2, 0) is 22.7 Å². The monoisotopic (exact) mass is 471 g/mol. The quantitative estimate of drug-likeness (QED) is 0.240. The van der Waals surface area contributed by atoms with Crippen molar-refractivity contribution < 1.29 is 14.7 Å². The van der Waals surface area contributed by atoms with Gasteiger partial charge in [0.05, 0.1) is 22.8 Å². The first-order valence-corrected chi connectivity index (χ1v) is 12.0. The Morgan fingerprint density at radius 3 is 2.64 bits per heavy atom.